The highest BCUT2D eigenvalue weighted by molar-refractivity contribution is 6.29. The van der Waals surface area contributed by atoms with E-state index in [1.54, 1.807) is 0 Å². The van der Waals surface area contributed by atoms with Gasteiger partial charge in [-0.25, -0.2) is 0 Å². The number of nitrogens with zero attached hydrogens (tertiary/aromatic N) is 2. The normalized spacial score (nSPS) is 13.0. The van der Waals surface area contributed by atoms with Crippen molar-refractivity contribution < 1.29 is 0 Å². The summed E-state index contributed by atoms with van der Waals surface area (Å²) >= 11 is 0. The molecule has 0 unspecified atom stereocenters. The molecular formula is C59H38N2. The van der Waals surface area contributed by atoms with Crippen LogP contribution >= 0.6 is 0 Å². The predicted molar refractivity (Wildman–Crippen MR) is 255 cm³/mol. The molecule has 0 bridgehead atoms. The topological polar surface area (TPSA) is 8.17 Å². The zero-order valence-electron chi connectivity index (χ0n) is 33.3. The molecule has 2 heteroatoms. The standard InChI is InChI=1S/C59H38N2/c1-4-16-39(17-5-1)41-30-34-44(35-31-41)60(43-20-8-3-9-21-43)54-38-55-58-56-48(54)24-14-27-51(56)59(49-25-12-10-22-46(49)47-23-11-13-26-50(47)59)52-28-15-29-53(57(52)58)61(55)45-36-32-42(33-37-45)40-18-6-2-7-19-40/h1-38H. The monoisotopic (exact) mass is 774 g/mol. The second kappa shape index (κ2) is 13.0. The van der Waals surface area contributed by atoms with Gasteiger partial charge in [-0.15, -0.1) is 0 Å². The van der Waals surface area contributed by atoms with Crippen molar-refractivity contribution in [1.29, 1.82) is 0 Å². The maximum absolute atomic E-state index is 2.52. The van der Waals surface area contributed by atoms with Crippen LogP contribution in [0.15, 0.2) is 231 Å². The van der Waals surface area contributed by atoms with Crippen molar-refractivity contribution in [2.75, 3.05) is 4.90 Å². The van der Waals surface area contributed by atoms with Crippen molar-refractivity contribution in [2.45, 2.75) is 5.41 Å². The predicted octanol–water partition coefficient (Wildman–Crippen LogP) is 15.4. The largest absolute Gasteiger partial charge is 0.310 e. The summed E-state index contributed by atoms with van der Waals surface area (Å²) in [5.74, 6) is 0. The Kier molecular flexibility index (Phi) is 7.26. The molecule has 0 saturated carbocycles. The summed E-state index contributed by atoms with van der Waals surface area (Å²) in [5, 5.41) is 5.18. The highest BCUT2D eigenvalue weighted by Crippen LogP contribution is 2.63. The highest BCUT2D eigenvalue weighted by atomic mass is 15.1. The van der Waals surface area contributed by atoms with Gasteiger partial charge in [0.05, 0.1) is 22.1 Å². The van der Waals surface area contributed by atoms with Gasteiger partial charge in [-0.2, -0.15) is 0 Å². The maximum atomic E-state index is 2.52. The van der Waals surface area contributed by atoms with Crippen molar-refractivity contribution in [1.82, 2.24) is 4.57 Å². The van der Waals surface area contributed by atoms with Gasteiger partial charge in [-0.3, -0.25) is 0 Å². The van der Waals surface area contributed by atoms with Gasteiger partial charge in [0.2, 0.25) is 0 Å². The number of hydrogen-bond donors (Lipinski definition) is 0. The molecule has 0 aliphatic heterocycles. The molecule has 1 spiro atoms. The van der Waals surface area contributed by atoms with E-state index in [9.17, 15) is 0 Å². The molecule has 61 heavy (non-hydrogen) atoms. The highest BCUT2D eigenvalue weighted by Gasteiger charge is 2.50. The van der Waals surface area contributed by atoms with Crippen LogP contribution in [0, 0.1) is 0 Å². The van der Waals surface area contributed by atoms with Crippen LogP contribution in [-0.4, -0.2) is 4.57 Å². The Labute approximate surface area is 354 Å². The van der Waals surface area contributed by atoms with Gasteiger partial charge in [-0.05, 0) is 110 Å². The van der Waals surface area contributed by atoms with Crippen LogP contribution in [-0.2, 0) is 5.41 Å². The van der Waals surface area contributed by atoms with Crippen molar-refractivity contribution in [3.05, 3.63) is 253 Å². The van der Waals surface area contributed by atoms with E-state index in [1.807, 2.05) is 0 Å². The number of para-hydroxylation sites is 1. The Hall–Kier alpha value is -7.94. The number of anilines is 3. The third kappa shape index (κ3) is 4.73. The van der Waals surface area contributed by atoms with Crippen molar-refractivity contribution >= 4 is 49.6 Å². The third-order valence-electron chi connectivity index (χ3n) is 13.4. The molecule has 0 fully saturated rings. The van der Waals surface area contributed by atoms with Crippen LogP contribution in [0.5, 0.6) is 0 Å². The first-order valence-corrected chi connectivity index (χ1v) is 21.2. The van der Waals surface area contributed by atoms with Gasteiger partial charge in [0, 0.05) is 33.2 Å². The van der Waals surface area contributed by atoms with E-state index in [2.05, 4.69) is 240 Å². The van der Waals surface area contributed by atoms with E-state index >= 15 is 0 Å². The van der Waals surface area contributed by atoms with Gasteiger partial charge >= 0.3 is 0 Å². The fourth-order valence-corrected chi connectivity index (χ4v) is 10.9. The summed E-state index contributed by atoms with van der Waals surface area (Å²) in [6, 6.07) is 85.2. The minimum atomic E-state index is -0.511. The fourth-order valence-electron chi connectivity index (χ4n) is 10.9. The van der Waals surface area contributed by atoms with Crippen LogP contribution < -0.4 is 4.90 Å². The molecule has 0 saturated heterocycles. The summed E-state index contributed by atoms with van der Waals surface area (Å²) in [5.41, 5.74) is 19.2. The average Bonchev–Trinajstić information content (AvgIpc) is 3.83. The van der Waals surface area contributed by atoms with E-state index in [0.29, 0.717) is 0 Å². The first-order valence-electron chi connectivity index (χ1n) is 21.2. The van der Waals surface area contributed by atoms with Crippen LogP contribution in [0.1, 0.15) is 22.3 Å². The number of hydrogen-bond acceptors (Lipinski definition) is 1. The molecule has 1 heterocycles. The maximum Gasteiger partial charge on any atom is 0.0726 e. The van der Waals surface area contributed by atoms with Crippen molar-refractivity contribution in [3.8, 4) is 39.1 Å². The molecule has 0 amide bonds. The number of fused-ring (bicyclic) bond motifs is 7. The molecule has 13 rings (SSSR count). The van der Waals surface area contributed by atoms with E-state index in [-0.39, 0.29) is 0 Å². The van der Waals surface area contributed by atoms with Gasteiger partial charge in [0.15, 0.2) is 0 Å². The minimum absolute atomic E-state index is 0.511. The van der Waals surface area contributed by atoms with Crippen LogP contribution in [0.4, 0.5) is 17.1 Å². The zero-order valence-corrected chi connectivity index (χ0v) is 33.3. The average molecular weight is 775 g/mol. The lowest BCUT2D eigenvalue weighted by molar-refractivity contribution is 0.783. The van der Waals surface area contributed by atoms with E-state index in [1.165, 1.54) is 88.2 Å². The quantitative estimate of drug-likeness (QED) is 0.163. The molecule has 2 nitrogen and oxygen atoms in total. The van der Waals surface area contributed by atoms with Crippen molar-refractivity contribution in [3.63, 3.8) is 0 Å². The molecule has 10 aromatic carbocycles. The second-order valence-electron chi connectivity index (χ2n) is 16.4. The van der Waals surface area contributed by atoms with Crippen LogP contribution in [0.25, 0.3) is 71.6 Å². The lowest BCUT2D eigenvalue weighted by Gasteiger charge is -2.38. The smallest absolute Gasteiger partial charge is 0.0726 e. The summed E-state index contributed by atoms with van der Waals surface area (Å²) in [7, 11) is 0. The fraction of sp³-hybridized carbons (Fsp3) is 0.0169. The van der Waals surface area contributed by atoms with Gasteiger partial charge < -0.3 is 9.47 Å². The van der Waals surface area contributed by atoms with Gasteiger partial charge in [0.1, 0.15) is 0 Å². The number of aromatic nitrogens is 1. The van der Waals surface area contributed by atoms with Gasteiger partial charge in [-0.1, -0.05) is 182 Å². The molecule has 284 valence electrons. The summed E-state index contributed by atoms with van der Waals surface area (Å²) < 4.78 is 2.52. The first kappa shape index (κ1) is 34.0. The first-order chi connectivity index (χ1) is 30.3. The molecule has 1 aromatic heterocycles. The molecular weight excluding hydrogens is 737 g/mol. The van der Waals surface area contributed by atoms with E-state index in [4.69, 9.17) is 0 Å². The summed E-state index contributed by atoms with van der Waals surface area (Å²) in [4.78, 5) is 2.46. The van der Waals surface area contributed by atoms with E-state index < -0.39 is 5.41 Å². The van der Waals surface area contributed by atoms with Crippen molar-refractivity contribution in [2.24, 2.45) is 0 Å². The van der Waals surface area contributed by atoms with E-state index in [0.717, 1.165) is 22.7 Å². The SMILES string of the molecule is c1ccc(-c2ccc(N(c3ccccc3)c3cc4c5c6c(cccc36)C3(c6ccccc6-c6ccccc63)c3cccc(c35)n4-c3ccc(-c4ccccc4)cc3)cc2)cc1. The Bertz CT molecular complexity index is 3450. The third-order valence-corrected chi connectivity index (χ3v) is 13.4. The molecule has 2 aliphatic carbocycles. The van der Waals surface area contributed by atoms with Crippen LogP contribution in [0.3, 0.4) is 0 Å². The molecule has 2 aliphatic rings. The Morgan fingerprint density at radius 1 is 0.328 bits per heavy atom. The molecule has 11 aromatic rings. The van der Waals surface area contributed by atoms with Crippen LogP contribution in [0.2, 0.25) is 0 Å². The summed E-state index contributed by atoms with van der Waals surface area (Å²) in [6.45, 7) is 0. The zero-order chi connectivity index (χ0) is 40.1. The minimum Gasteiger partial charge on any atom is -0.310 e. The Morgan fingerprint density at radius 2 is 0.803 bits per heavy atom. The number of rotatable bonds is 6. The lowest BCUT2D eigenvalue weighted by Crippen LogP contribution is -2.30. The number of benzene rings is 10. The molecule has 0 N–H and O–H groups in total. The Balaban J connectivity index is 1.17. The lowest BCUT2D eigenvalue weighted by atomic mass is 9.63. The molecule has 0 radical (unpaired) electrons. The summed E-state index contributed by atoms with van der Waals surface area (Å²) in [6.07, 6.45) is 0. The Morgan fingerprint density at radius 3 is 1.43 bits per heavy atom. The van der Waals surface area contributed by atoms with Gasteiger partial charge in [0.25, 0.3) is 0 Å². The second-order valence-corrected chi connectivity index (χ2v) is 16.4. The molecule has 0 atom stereocenters.